The van der Waals surface area contributed by atoms with Crippen LogP contribution >= 0.6 is 34.8 Å². The first kappa shape index (κ1) is 27.9. The summed E-state index contributed by atoms with van der Waals surface area (Å²) in [6, 6.07) is 16.6. The number of carbonyl (C=O) groups is 2. The molecule has 37 heavy (non-hydrogen) atoms. The molecule has 0 aliphatic carbocycles. The average molecular weight is 559 g/mol. The normalized spacial score (nSPS) is 10.9. The molecule has 2 amide bonds. The van der Waals surface area contributed by atoms with Gasteiger partial charge in [0, 0.05) is 21.4 Å². The molecule has 0 heterocycles. The maximum absolute atomic E-state index is 12.6. The van der Waals surface area contributed by atoms with Crippen molar-refractivity contribution in [2.75, 3.05) is 23.8 Å². The number of amides is 2. The van der Waals surface area contributed by atoms with Gasteiger partial charge in [0.05, 0.1) is 11.6 Å². The fraction of sp³-hybridized carbons (Fsp3) is 0.148. The summed E-state index contributed by atoms with van der Waals surface area (Å²) < 4.78 is 11.3. The molecular formula is C27H22Cl3N3O4. The summed E-state index contributed by atoms with van der Waals surface area (Å²) in [6.07, 6.45) is 1.37. The van der Waals surface area contributed by atoms with Gasteiger partial charge in [-0.1, -0.05) is 40.9 Å². The van der Waals surface area contributed by atoms with Crippen molar-refractivity contribution in [1.29, 1.82) is 5.26 Å². The highest BCUT2D eigenvalue weighted by atomic mass is 35.5. The van der Waals surface area contributed by atoms with E-state index in [0.29, 0.717) is 27.0 Å². The van der Waals surface area contributed by atoms with E-state index in [1.807, 2.05) is 13.0 Å². The van der Waals surface area contributed by atoms with Gasteiger partial charge in [-0.15, -0.1) is 0 Å². The van der Waals surface area contributed by atoms with Crippen LogP contribution in [-0.2, 0) is 9.59 Å². The van der Waals surface area contributed by atoms with E-state index < -0.39 is 11.8 Å². The van der Waals surface area contributed by atoms with E-state index in [1.54, 1.807) is 55.5 Å². The lowest BCUT2D eigenvalue weighted by Crippen LogP contribution is -2.20. The number of aryl methyl sites for hydroxylation is 1. The van der Waals surface area contributed by atoms with E-state index in [9.17, 15) is 14.9 Å². The summed E-state index contributed by atoms with van der Waals surface area (Å²) in [5, 5.41) is 16.1. The second kappa shape index (κ2) is 13.0. The molecule has 0 bridgehead atoms. The first-order chi connectivity index (χ1) is 17.7. The Labute approximate surface area is 229 Å². The van der Waals surface area contributed by atoms with Crippen molar-refractivity contribution in [1.82, 2.24) is 0 Å². The van der Waals surface area contributed by atoms with E-state index in [4.69, 9.17) is 44.3 Å². The predicted molar refractivity (Wildman–Crippen MR) is 147 cm³/mol. The Hall–Kier alpha value is -3.70. The Morgan fingerprint density at radius 3 is 2.30 bits per heavy atom. The van der Waals surface area contributed by atoms with Crippen molar-refractivity contribution in [3.63, 3.8) is 0 Å². The van der Waals surface area contributed by atoms with Gasteiger partial charge in [-0.3, -0.25) is 9.59 Å². The molecule has 0 aliphatic heterocycles. The Morgan fingerprint density at radius 1 is 0.946 bits per heavy atom. The molecule has 10 heteroatoms. The number of benzene rings is 3. The zero-order valence-electron chi connectivity index (χ0n) is 19.9. The van der Waals surface area contributed by atoms with E-state index in [2.05, 4.69) is 10.6 Å². The molecule has 3 aromatic rings. The monoisotopic (exact) mass is 557 g/mol. The number of nitrogens with one attached hydrogen (secondary N) is 2. The topological polar surface area (TPSA) is 100 Å². The lowest BCUT2D eigenvalue weighted by molar-refractivity contribution is -0.118. The van der Waals surface area contributed by atoms with Crippen LogP contribution in [0.2, 0.25) is 15.1 Å². The van der Waals surface area contributed by atoms with Gasteiger partial charge in [0.1, 0.15) is 11.6 Å². The van der Waals surface area contributed by atoms with E-state index in [0.717, 1.165) is 5.56 Å². The van der Waals surface area contributed by atoms with Crippen molar-refractivity contribution in [2.24, 2.45) is 0 Å². The Balaban J connectivity index is 1.76. The van der Waals surface area contributed by atoms with Crippen LogP contribution in [0, 0.1) is 18.3 Å². The lowest BCUT2D eigenvalue weighted by Gasteiger charge is -2.15. The second-order valence-corrected chi connectivity index (χ2v) is 8.95. The van der Waals surface area contributed by atoms with Crippen LogP contribution in [0.25, 0.3) is 6.08 Å². The van der Waals surface area contributed by atoms with Crippen LogP contribution in [0.3, 0.4) is 0 Å². The quantitative estimate of drug-likeness (QED) is 0.219. The molecule has 0 unspecified atom stereocenters. The first-order valence-electron chi connectivity index (χ1n) is 11.0. The SMILES string of the molecule is CCOc1cc(/C=C(/C#N)C(=O)Nc2ccc(Cl)cc2)cc(Cl)c1OCC(=O)Nc1ccc(C)c(Cl)c1. The highest BCUT2D eigenvalue weighted by Gasteiger charge is 2.16. The Kier molecular flexibility index (Phi) is 9.81. The van der Waals surface area contributed by atoms with Crippen molar-refractivity contribution in [3.8, 4) is 17.6 Å². The summed E-state index contributed by atoms with van der Waals surface area (Å²) in [5.41, 5.74) is 2.18. The summed E-state index contributed by atoms with van der Waals surface area (Å²) in [6.45, 7) is 3.58. The fourth-order valence-electron chi connectivity index (χ4n) is 3.13. The van der Waals surface area contributed by atoms with Gasteiger partial charge in [0.15, 0.2) is 18.1 Å². The van der Waals surface area contributed by atoms with Crippen LogP contribution in [-0.4, -0.2) is 25.0 Å². The zero-order valence-corrected chi connectivity index (χ0v) is 22.2. The number of rotatable bonds is 9. The third-order valence-electron chi connectivity index (χ3n) is 4.91. The number of carbonyl (C=O) groups excluding carboxylic acids is 2. The maximum Gasteiger partial charge on any atom is 0.266 e. The highest BCUT2D eigenvalue weighted by Crippen LogP contribution is 2.37. The lowest BCUT2D eigenvalue weighted by atomic mass is 10.1. The number of nitrogens with zero attached hydrogens (tertiary/aromatic N) is 1. The van der Waals surface area contributed by atoms with Gasteiger partial charge in [0.25, 0.3) is 11.8 Å². The molecule has 3 rings (SSSR count). The average Bonchev–Trinajstić information content (AvgIpc) is 2.85. The molecule has 0 saturated heterocycles. The van der Waals surface area contributed by atoms with Gasteiger partial charge in [-0.2, -0.15) is 5.26 Å². The van der Waals surface area contributed by atoms with Gasteiger partial charge in [-0.05, 0) is 79.6 Å². The maximum atomic E-state index is 12.6. The van der Waals surface area contributed by atoms with Gasteiger partial charge >= 0.3 is 0 Å². The van der Waals surface area contributed by atoms with Crippen LogP contribution < -0.4 is 20.1 Å². The largest absolute Gasteiger partial charge is 0.490 e. The summed E-state index contributed by atoms with van der Waals surface area (Å²) >= 11 is 18.4. The standard InChI is InChI=1S/C27H22Cl3N3O4/c1-3-36-24-12-17(10-18(14-31)27(35)33-20-8-5-19(28)6-9-20)11-23(30)26(24)37-15-25(34)32-21-7-4-16(2)22(29)13-21/h4-13H,3,15H2,1-2H3,(H,32,34)(H,33,35)/b18-10-. The molecule has 0 aromatic heterocycles. The van der Waals surface area contributed by atoms with Gasteiger partial charge < -0.3 is 20.1 Å². The number of anilines is 2. The molecule has 0 spiro atoms. The van der Waals surface area contributed by atoms with E-state index in [-0.39, 0.29) is 35.3 Å². The van der Waals surface area contributed by atoms with Crippen molar-refractivity contribution in [3.05, 3.63) is 86.4 Å². The molecule has 190 valence electrons. The van der Waals surface area contributed by atoms with Crippen molar-refractivity contribution >= 4 is 64.1 Å². The zero-order chi connectivity index (χ0) is 26.9. The van der Waals surface area contributed by atoms with Crippen LogP contribution in [0.1, 0.15) is 18.1 Å². The minimum Gasteiger partial charge on any atom is -0.490 e. The van der Waals surface area contributed by atoms with Crippen molar-refractivity contribution < 1.29 is 19.1 Å². The third-order valence-corrected chi connectivity index (χ3v) is 5.85. The highest BCUT2D eigenvalue weighted by molar-refractivity contribution is 6.32. The third kappa shape index (κ3) is 7.89. The summed E-state index contributed by atoms with van der Waals surface area (Å²) in [5.74, 6) is -0.620. The molecule has 7 nitrogen and oxygen atoms in total. The fourth-order valence-corrected chi connectivity index (χ4v) is 3.71. The number of ether oxygens (including phenoxy) is 2. The Bertz CT molecular complexity index is 1380. The molecule has 0 fully saturated rings. The number of hydrogen-bond acceptors (Lipinski definition) is 5. The summed E-state index contributed by atoms with van der Waals surface area (Å²) in [4.78, 5) is 25.0. The predicted octanol–water partition coefficient (Wildman–Crippen LogP) is 6.92. The van der Waals surface area contributed by atoms with Gasteiger partial charge in [-0.25, -0.2) is 0 Å². The molecular weight excluding hydrogens is 537 g/mol. The smallest absolute Gasteiger partial charge is 0.266 e. The van der Waals surface area contributed by atoms with Gasteiger partial charge in [0.2, 0.25) is 0 Å². The van der Waals surface area contributed by atoms with Crippen LogP contribution in [0.4, 0.5) is 11.4 Å². The molecule has 0 radical (unpaired) electrons. The molecule has 0 aliphatic rings. The van der Waals surface area contributed by atoms with E-state index >= 15 is 0 Å². The van der Waals surface area contributed by atoms with Crippen molar-refractivity contribution in [2.45, 2.75) is 13.8 Å². The molecule has 0 saturated carbocycles. The minimum atomic E-state index is -0.605. The first-order valence-corrected chi connectivity index (χ1v) is 12.2. The second-order valence-electron chi connectivity index (χ2n) is 7.69. The molecule has 2 N–H and O–H groups in total. The molecule has 3 aromatic carbocycles. The van der Waals surface area contributed by atoms with Crippen LogP contribution in [0.15, 0.2) is 60.2 Å². The number of nitriles is 1. The molecule has 0 atom stereocenters. The number of halogens is 3. The van der Waals surface area contributed by atoms with Crippen LogP contribution in [0.5, 0.6) is 11.5 Å². The minimum absolute atomic E-state index is 0.138. The summed E-state index contributed by atoms with van der Waals surface area (Å²) in [7, 11) is 0. The number of hydrogen-bond donors (Lipinski definition) is 2. The Morgan fingerprint density at radius 2 is 1.65 bits per heavy atom. The van der Waals surface area contributed by atoms with E-state index in [1.165, 1.54) is 12.1 Å².